The summed E-state index contributed by atoms with van der Waals surface area (Å²) in [6.45, 7) is 5.40. The van der Waals surface area contributed by atoms with Crippen molar-refractivity contribution in [2.45, 2.75) is 26.8 Å². The molecule has 0 saturated heterocycles. The predicted octanol–water partition coefficient (Wildman–Crippen LogP) is 2.25. The third kappa shape index (κ3) is 3.18. The summed E-state index contributed by atoms with van der Waals surface area (Å²) in [6, 6.07) is 9.41. The summed E-state index contributed by atoms with van der Waals surface area (Å²) in [6.07, 6.45) is 0. The minimum atomic E-state index is -0.828. The van der Waals surface area contributed by atoms with E-state index in [2.05, 4.69) is 24.3 Å². The third-order valence-corrected chi connectivity index (χ3v) is 4.87. The SMILES string of the molecule is Cc1cc(C)n(-c2ccc(=O)n([C@H](C)C(=O)Nc3cccc4nsnc34)n2)n1. The highest BCUT2D eigenvalue weighted by atomic mass is 32.1. The van der Waals surface area contributed by atoms with Gasteiger partial charge in [-0.1, -0.05) is 6.07 Å². The van der Waals surface area contributed by atoms with Crippen LogP contribution in [0, 0.1) is 13.8 Å². The Morgan fingerprint density at radius 2 is 1.96 bits per heavy atom. The lowest BCUT2D eigenvalue weighted by molar-refractivity contribution is -0.119. The van der Waals surface area contributed by atoms with Crippen molar-refractivity contribution in [3.63, 3.8) is 0 Å². The van der Waals surface area contributed by atoms with Crippen molar-refractivity contribution >= 4 is 34.4 Å². The van der Waals surface area contributed by atoms with Gasteiger partial charge in [-0.3, -0.25) is 9.59 Å². The number of hydrogen-bond donors (Lipinski definition) is 1. The van der Waals surface area contributed by atoms with Crippen molar-refractivity contribution in [3.8, 4) is 5.82 Å². The van der Waals surface area contributed by atoms with Crippen LogP contribution in [-0.2, 0) is 4.79 Å². The number of carbonyl (C=O) groups is 1. The van der Waals surface area contributed by atoms with Crippen molar-refractivity contribution in [1.29, 1.82) is 0 Å². The van der Waals surface area contributed by atoms with E-state index >= 15 is 0 Å². The lowest BCUT2D eigenvalue weighted by atomic mass is 10.2. The number of carbonyl (C=O) groups excluding carboxylic acids is 1. The molecule has 142 valence electrons. The molecule has 0 saturated carbocycles. The van der Waals surface area contributed by atoms with Crippen molar-refractivity contribution in [2.24, 2.45) is 0 Å². The molecule has 1 aromatic carbocycles. The van der Waals surface area contributed by atoms with Gasteiger partial charge in [0.25, 0.3) is 5.56 Å². The number of nitrogens with zero attached hydrogens (tertiary/aromatic N) is 6. The first-order valence-corrected chi connectivity index (χ1v) is 9.33. The molecule has 10 heteroatoms. The van der Waals surface area contributed by atoms with Crippen LogP contribution in [0.25, 0.3) is 16.9 Å². The van der Waals surface area contributed by atoms with Crippen molar-refractivity contribution in [2.75, 3.05) is 5.32 Å². The zero-order chi connectivity index (χ0) is 19.8. The lowest BCUT2D eigenvalue weighted by Crippen LogP contribution is -2.33. The van der Waals surface area contributed by atoms with E-state index in [9.17, 15) is 9.59 Å². The maximum absolute atomic E-state index is 12.8. The van der Waals surface area contributed by atoms with Gasteiger partial charge in [-0.15, -0.1) is 5.10 Å². The molecule has 0 bridgehead atoms. The quantitative estimate of drug-likeness (QED) is 0.568. The molecule has 0 spiro atoms. The number of hydrogen-bond acceptors (Lipinski definition) is 7. The van der Waals surface area contributed by atoms with Crippen LogP contribution in [0.3, 0.4) is 0 Å². The van der Waals surface area contributed by atoms with E-state index in [1.807, 2.05) is 26.0 Å². The molecule has 3 heterocycles. The summed E-state index contributed by atoms with van der Waals surface area (Å²) in [5.41, 5.74) is 3.22. The average Bonchev–Trinajstić information content (AvgIpc) is 3.28. The molecule has 9 nitrogen and oxygen atoms in total. The minimum Gasteiger partial charge on any atom is -0.322 e. The number of nitrogens with one attached hydrogen (secondary N) is 1. The zero-order valence-corrected chi connectivity index (χ0v) is 16.3. The molecule has 1 N–H and O–H groups in total. The summed E-state index contributed by atoms with van der Waals surface area (Å²) in [5.74, 6) is 0.0938. The van der Waals surface area contributed by atoms with Gasteiger partial charge < -0.3 is 5.32 Å². The lowest BCUT2D eigenvalue weighted by Gasteiger charge is -2.15. The summed E-state index contributed by atoms with van der Waals surface area (Å²) in [5, 5.41) is 11.5. The Kier molecular flexibility index (Phi) is 4.47. The van der Waals surface area contributed by atoms with E-state index in [0.29, 0.717) is 22.5 Å². The number of anilines is 1. The Bertz CT molecular complexity index is 1240. The first-order valence-electron chi connectivity index (χ1n) is 8.59. The topological polar surface area (TPSA) is 108 Å². The van der Waals surface area contributed by atoms with Crippen molar-refractivity contribution in [1.82, 2.24) is 28.3 Å². The van der Waals surface area contributed by atoms with E-state index in [4.69, 9.17) is 0 Å². The molecule has 0 aliphatic rings. The van der Waals surface area contributed by atoms with Crippen LogP contribution in [-0.4, -0.2) is 34.2 Å². The third-order valence-electron chi connectivity index (χ3n) is 4.33. The minimum absolute atomic E-state index is 0.374. The first kappa shape index (κ1) is 18.0. The van der Waals surface area contributed by atoms with Gasteiger partial charge in [0.1, 0.15) is 17.1 Å². The highest BCUT2D eigenvalue weighted by molar-refractivity contribution is 7.00. The van der Waals surface area contributed by atoms with E-state index < -0.39 is 6.04 Å². The second-order valence-electron chi connectivity index (χ2n) is 6.42. The molecule has 28 heavy (non-hydrogen) atoms. The molecule has 0 unspecified atom stereocenters. The van der Waals surface area contributed by atoms with Gasteiger partial charge >= 0.3 is 0 Å². The number of benzene rings is 1. The molecule has 3 aromatic heterocycles. The molecular weight excluding hydrogens is 378 g/mol. The second-order valence-corrected chi connectivity index (χ2v) is 6.94. The van der Waals surface area contributed by atoms with Gasteiger partial charge in [0.2, 0.25) is 5.91 Å². The maximum atomic E-state index is 12.8. The van der Waals surface area contributed by atoms with Crippen LogP contribution >= 0.6 is 11.7 Å². The van der Waals surface area contributed by atoms with Crippen LogP contribution < -0.4 is 10.9 Å². The standard InChI is InChI=1S/C18H17N7O2S/c1-10-9-11(2)24(20-10)15-7-8-16(26)25(21-15)12(3)18(27)19-13-5-4-6-14-17(13)23-28-22-14/h4-9,12H,1-3H3,(H,19,27)/t12-/m1/s1. The number of rotatable bonds is 4. The fraction of sp³-hybridized carbons (Fsp3) is 0.222. The Morgan fingerprint density at radius 3 is 2.71 bits per heavy atom. The normalized spacial score (nSPS) is 12.2. The molecule has 0 aliphatic carbocycles. The Balaban J connectivity index is 1.65. The Labute approximate surface area is 164 Å². The average molecular weight is 395 g/mol. The second kappa shape index (κ2) is 6.97. The summed E-state index contributed by atoms with van der Waals surface area (Å²) in [4.78, 5) is 25.1. The largest absolute Gasteiger partial charge is 0.322 e. The molecule has 1 atom stereocenters. The Morgan fingerprint density at radius 1 is 1.14 bits per heavy atom. The maximum Gasteiger partial charge on any atom is 0.267 e. The van der Waals surface area contributed by atoms with Crippen LogP contribution in [0.1, 0.15) is 24.4 Å². The van der Waals surface area contributed by atoms with E-state index in [1.54, 1.807) is 29.8 Å². The van der Waals surface area contributed by atoms with Gasteiger partial charge in [-0.05, 0) is 45.0 Å². The predicted molar refractivity (Wildman–Crippen MR) is 106 cm³/mol. The highest BCUT2D eigenvalue weighted by Crippen LogP contribution is 2.22. The van der Waals surface area contributed by atoms with Crippen molar-refractivity contribution in [3.05, 3.63) is 58.1 Å². The van der Waals surface area contributed by atoms with Gasteiger partial charge in [-0.2, -0.15) is 13.8 Å². The summed E-state index contributed by atoms with van der Waals surface area (Å²) >= 11 is 1.08. The fourth-order valence-electron chi connectivity index (χ4n) is 2.92. The molecule has 1 amide bonds. The van der Waals surface area contributed by atoms with Crippen LogP contribution in [0.4, 0.5) is 5.69 Å². The molecular formula is C18H17N7O2S. The molecule has 4 rings (SSSR count). The summed E-state index contributed by atoms with van der Waals surface area (Å²) in [7, 11) is 0. The van der Waals surface area contributed by atoms with Gasteiger partial charge in [-0.25, -0.2) is 9.36 Å². The molecule has 0 aliphatic heterocycles. The fourth-order valence-corrected chi connectivity index (χ4v) is 3.47. The first-order chi connectivity index (χ1) is 13.4. The number of aryl methyl sites for hydroxylation is 2. The van der Waals surface area contributed by atoms with Crippen LogP contribution in [0.15, 0.2) is 41.2 Å². The van der Waals surface area contributed by atoms with Crippen molar-refractivity contribution < 1.29 is 4.79 Å². The number of aromatic nitrogens is 6. The zero-order valence-electron chi connectivity index (χ0n) is 15.4. The smallest absolute Gasteiger partial charge is 0.267 e. The Hall–Kier alpha value is -3.40. The molecule has 4 aromatic rings. The van der Waals surface area contributed by atoms with E-state index in [1.165, 1.54) is 6.07 Å². The number of fused-ring (bicyclic) bond motifs is 1. The van der Waals surface area contributed by atoms with Gasteiger partial charge in [0, 0.05) is 11.8 Å². The highest BCUT2D eigenvalue weighted by Gasteiger charge is 2.20. The van der Waals surface area contributed by atoms with Crippen LogP contribution in [0.5, 0.6) is 0 Å². The number of amides is 1. The van der Waals surface area contributed by atoms with Gasteiger partial charge in [0.15, 0.2) is 5.82 Å². The van der Waals surface area contributed by atoms with E-state index in [0.717, 1.165) is 27.8 Å². The molecule has 0 radical (unpaired) electrons. The summed E-state index contributed by atoms with van der Waals surface area (Å²) < 4.78 is 11.2. The van der Waals surface area contributed by atoms with E-state index in [-0.39, 0.29) is 11.5 Å². The van der Waals surface area contributed by atoms with Crippen LogP contribution in [0.2, 0.25) is 0 Å². The van der Waals surface area contributed by atoms with Gasteiger partial charge in [0.05, 0.1) is 23.1 Å². The molecule has 0 fully saturated rings. The monoisotopic (exact) mass is 395 g/mol.